The number of carbonyl (C=O) groups is 1. The van der Waals surface area contributed by atoms with Gasteiger partial charge in [-0.05, 0) is 31.2 Å². The first-order valence-corrected chi connectivity index (χ1v) is 7.67. The minimum absolute atomic E-state index is 0.131. The Morgan fingerprint density at radius 2 is 1.95 bits per heavy atom. The van der Waals surface area contributed by atoms with Crippen molar-refractivity contribution in [3.8, 4) is 17.1 Å². The summed E-state index contributed by atoms with van der Waals surface area (Å²) in [5, 5.41) is 3.71. The number of carbonyl (C=O) groups excluding carboxylic acids is 1. The van der Waals surface area contributed by atoms with E-state index in [4.69, 9.17) is 15.0 Å². The Hall–Kier alpha value is -2.55. The van der Waals surface area contributed by atoms with Gasteiger partial charge in [0.2, 0.25) is 21.5 Å². The predicted octanol–water partition coefficient (Wildman–Crippen LogP) is 1.48. The summed E-state index contributed by atoms with van der Waals surface area (Å²) in [6.07, 6.45) is 0.0809. The summed E-state index contributed by atoms with van der Waals surface area (Å²) in [5.74, 6) is 0.364. The average molecular weight is 311 g/mol. The van der Waals surface area contributed by atoms with Crippen LogP contribution in [0.5, 0.6) is 5.75 Å². The molecule has 2 rings (SSSR count). The Labute approximate surface area is 120 Å². The molecule has 1 heterocycles. The van der Waals surface area contributed by atoms with Crippen molar-refractivity contribution in [1.29, 1.82) is 0 Å². The molecular weight excluding hydrogens is 298 g/mol. The van der Waals surface area contributed by atoms with Crippen molar-refractivity contribution >= 4 is 21.8 Å². The highest BCUT2D eigenvalue weighted by Crippen LogP contribution is 2.33. The summed E-state index contributed by atoms with van der Waals surface area (Å²) in [5.41, 5.74) is 6.32. The fourth-order valence-corrected chi connectivity index (χ4v) is 2.23. The minimum Gasteiger partial charge on any atom is -0.404 e. The smallest absolute Gasteiger partial charge is 0.404 e. The van der Waals surface area contributed by atoms with Crippen molar-refractivity contribution in [1.82, 2.24) is 5.16 Å². The third-order valence-electron chi connectivity index (χ3n) is 2.46. The fourth-order valence-electron chi connectivity index (χ4n) is 1.67. The van der Waals surface area contributed by atoms with Crippen LogP contribution in [0, 0.1) is 6.92 Å². The molecule has 0 bridgehead atoms. The van der Waals surface area contributed by atoms with E-state index in [9.17, 15) is 13.2 Å². The Morgan fingerprint density at radius 1 is 1.33 bits per heavy atom. The lowest BCUT2D eigenvalue weighted by Crippen LogP contribution is -2.16. The van der Waals surface area contributed by atoms with Gasteiger partial charge in [-0.3, -0.25) is 4.72 Å². The average Bonchev–Trinajstić information content (AvgIpc) is 2.70. The van der Waals surface area contributed by atoms with Gasteiger partial charge in [-0.15, -0.1) is 0 Å². The molecule has 1 aromatic carbocycles. The van der Waals surface area contributed by atoms with Gasteiger partial charge in [-0.1, -0.05) is 5.16 Å². The zero-order chi connectivity index (χ0) is 15.6. The number of amides is 1. The highest BCUT2D eigenvalue weighted by molar-refractivity contribution is 7.92. The molecule has 3 N–H and O–H groups in total. The Bertz CT molecular complexity index is 765. The van der Waals surface area contributed by atoms with E-state index in [2.05, 4.69) is 9.88 Å². The largest absolute Gasteiger partial charge is 0.410 e. The number of primary amides is 1. The summed E-state index contributed by atoms with van der Waals surface area (Å²) in [6.45, 7) is 1.60. The molecule has 0 aliphatic carbocycles. The molecule has 21 heavy (non-hydrogen) atoms. The van der Waals surface area contributed by atoms with Gasteiger partial charge in [0, 0.05) is 11.3 Å². The van der Waals surface area contributed by atoms with Gasteiger partial charge in [0.05, 0.1) is 6.26 Å². The molecule has 1 amide bonds. The standard InChI is InChI=1S/C12H13N3O5S/c1-7-10(19-12(13)16)11(20-14-7)8-3-5-9(6-4-8)15-21(2,17)18/h3-6,15H,1-2H3,(H2,13,16). The van der Waals surface area contributed by atoms with Crippen molar-refractivity contribution in [3.63, 3.8) is 0 Å². The number of anilines is 1. The third kappa shape index (κ3) is 3.72. The van der Waals surface area contributed by atoms with Crippen LogP contribution in [0.2, 0.25) is 0 Å². The molecule has 0 fully saturated rings. The highest BCUT2D eigenvalue weighted by Gasteiger charge is 2.18. The number of nitrogens with one attached hydrogen (secondary N) is 1. The van der Waals surface area contributed by atoms with E-state index >= 15 is 0 Å². The number of aryl methyl sites for hydroxylation is 1. The lowest BCUT2D eigenvalue weighted by atomic mass is 10.1. The second kappa shape index (κ2) is 5.44. The molecule has 112 valence electrons. The molecule has 1 aromatic heterocycles. The van der Waals surface area contributed by atoms with E-state index in [0.29, 0.717) is 16.9 Å². The minimum atomic E-state index is -3.35. The van der Waals surface area contributed by atoms with Crippen molar-refractivity contribution in [2.24, 2.45) is 5.73 Å². The van der Waals surface area contributed by atoms with E-state index in [1.165, 1.54) is 0 Å². The first-order chi connectivity index (χ1) is 9.76. The van der Waals surface area contributed by atoms with Gasteiger partial charge in [-0.25, -0.2) is 13.2 Å². The Morgan fingerprint density at radius 3 is 2.48 bits per heavy atom. The second-order valence-corrected chi connectivity index (χ2v) is 6.05. The molecule has 0 atom stereocenters. The van der Waals surface area contributed by atoms with Crippen LogP contribution >= 0.6 is 0 Å². The molecule has 0 unspecified atom stereocenters. The summed E-state index contributed by atoms with van der Waals surface area (Å²) >= 11 is 0. The van der Waals surface area contributed by atoms with E-state index in [-0.39, 0.29) is 11.5 Å². The van der Waals surface area contributed by atoms with Gasteiger partial charge in [-0.2, -0.15) is 0 Å². The molecule has 8 nitrogen and oxygen atoms in total. The number of hydrogen-bond acceptors (Lipinski definition) is 6. The van der Waals surface area contributed by atoms with Crippen molar-refractivity contribution in [2.75, 3.05) is 11.0 Å². The quantitative estimate of drug-likeness (QED) is 0.881. The molecule has 0 saturated carbocycles. The maximum absolute atomic E-state index is 11.1. The topological polar surface area (TPSA) is 125 Å². The first kappa shape index (κ1) is 14.9. The number of sulfonamides is 1. The van der Waals surface area contributed by atoms with Gasteiger partial charge < -0.3 is 15.0 Å². The normalized spacial score (nSPS) is 11.1. The van der Waals surface area contributed by atoms with Crippen molar-refractivity contribution < 1.29 is 22.5 Å². The first-order valence-electron chi connectivity index (χ1n) is 5.78. The zero-order valence-corrected chi connectivity index (χ0v) is 12.1. The molecule has 0 aliphatic rings. The Kier molecular flexibility index (Phi) is 3.85. The van der Waals surface area contributed by atoms with Gasteiger partial charge in [0.1, 0.15) is 5.69 Å². The predicted molar refractivity (Wildman–Crippen MR) is 75.4 cm³/mol. The van der Waals surface area contributed by atoms with Crippen LogP contribution < -0.4 is 15.2 Å². The summed E-state index contributed by atoms with van der Waals surface area (Å²) in [4.78, 5) is 10.9. The van der Waals surface area contributed by atoms with E-state index in [1.807, 2.05) is 0 Å². The monoisotopic (exact) mass is 311 g/mol. The second-order valence-electron chi connectivity index (χ2n) is 4.30. The van der Waals surface area contributed by atoms with Crippen molar-refractivity contribution in [2.45, 2.75) is 6.92 Å². The van der Waals surface area contributed by atoms with E-state index in [0.717, 1.165) is 6.26 Å². The number of nitrogens with two attached hydrogens (primary N) is 1. The van der Waals surface area contributed by atoms with E-state index in [1.54, 1.807) is 31.2 Å². The van der Waals surface area contributed by atoms with Crippen LogP contribution in [0.1, 0.15) is 5.69 Å². The molecule has 0 radical (unpaired) electrons. The van der Waals surface area contributed by atoms with Crippen molar-refractivity contribution in [3.05, 3.63) is 30.0 Å². The highest BCUT2D eigenvalue weighted by atomic mass is 32.2. The van der Waals surface area contributed by atoms with E-state index < -0.39 is 16.1 Å². The van der Waals surface area contributed by atoms with Gasteiger partial charge in [0.25, 0.3) is 0 Å². The van der Waals surface area contributed by atoms with Gasteiger partial charge in [0.15, 0.2) is 0 Å². The van der Waals surface area contributed by atoms with Crippen LogP contribution in [0.25, 0.3) is 11.3 Å². The molecule has 9 heteroatoms. The third-order valence-corrected chi connectivity index (χ3v) is 3.07. The van der Waals surface area contributed by atoms with Gasteiger partial charge >= 0.3 is 6.09 Å². The summed E-state index contributed by atoms with van der Waals surface area (Å²) in [6, 6.07) is 6.28. The van der Waals surface area contributed by atoms with Crippen LogP contribution in [-0.4, -0.2) is 25.9 Å². The number of rotatable bonds is 4. The lowest BCUT2D eigenvalue weighted by Gasteiger charge is -2.05. The molecule has 0 saturated heterocycles. The van der Waals surface area contributed by atoms with Crippen LogP contribution in [0.3, 0.4) is 0 Å². The number of aromatic nitrogens is 1. The maximum atomic E-state index is 11.1. The Balaban J connectivity index is 2.33. The SMILES string of the molecule is Cc1noc(-c2ccc(NS(C)(=O)=O)cc2)c1OC(N)=O. The molecular formula is C12H13N3O5S. The fraction of sp³-hybridized carbons (Fsp3) is 0.167. The molecule has 0 aliphatic heterocycles. The summed E-state index contributed by atoms with van der Waals surface area (Å²) in [7, 11) is -3.35. The lowest BCUT2D eigenvalue weighted by molar-refractivity contribution is 0.210. The number of nitrogens with zero attached hydrogens (tertiary/aromatic N) is 1. The van der Waals surface area contributed by atoms with Crippen LogP contribution in [0.4, 0.5) is 10.5 Å². The zero-order valence-electron chi connectivity index (χ0n) is 11.3. The number of hydrogen-bond donors (Lipinski definition) is 2. The number of ether oxygens (including phenoxy) is 1. The molecule has 2 aromatic rings. The van der Waals surface area contributed by atoms with Crippen LogP contribution in [-0.2, 0) is 10.0 Å². The molecule has 0 spiro atoms. The summed E-state index contributed by atoms with van der Waals surface area (Å²) < 4.78 is 34.5. The number of benzene rings is 1. The maximum Gasteiger partial charge on any atom is 0.410 e. The van der Waals surface area contributed by atoms with Crippen LogP contribution in [0.15, 0.2) is 28.8 Å².